The summed E-state index contributed by atoms with van der Waals surface area (Å²) in [6.45, 7) is 3.31. The van der Waals surface area contributed by atoms with Gasteiger partial charge in [0.2, 0.25) is 0 Å². The Labute approximate surface area is 155 Å². The van der Waals surface area contributed by atoms with Crippen molar-refractivity contribution >= 4 is 10.8 Å². The molecule has 0 spiro atoms. The fourth-order valence-electron chi connectivity index (χ4n) is 3.26. The normalized spacial score (nSPS) is 11.2. The predicted octanol–water partition coefficient (Wildman–Crippen LogP) is 4.28. The maximum Gasteiger partial charge on any atom is 0.123 e. The molecule has 0 saturated carbocycles. The molecule has 3 rings (SSSR count). The van der Waals surface area contributed by atoms with Gasteiger partial charge in [-0.3, -0.25) is 9.88 Å². The number of pyridine rings is 1. The van der Waals surface area contributed by atoms with Crippen LogP contribution in [0.4, 0.5) is 0 Å². The summed E-state index contributed by atoms with van der Waals surface area (Å²) in [5.74, 6) is 0.932. The molecule has 0 saturated heterocycles. The number of nitrogens with zero attached hydrogens (tertiary/aromatic N) is 2. The molecule has 0 aliphatic carbocycles. The van der Waals surface area contributed by atoms with Gasteiger partial charge < -0.3 is 9.47 Å². The molecule has 4 heteroatoms. The number of methoxy groups -OCH3 is 2. The van der Waals surface area contributed by atoms with E-state index >= 15 is 0 Å². The van der Waals surface area contributed by atoms with Crippen LogP contribution in [0.25, 0.3) is 10.8 Å². The molecule has 0 bridgehead atoms. The highest BCUT2D eigenvalue weighted by Crippen LogP contribution is 2.29. The molecule has 0 aliphatic rings. The monoisotopic (exact) mass is 350 g/mol. The second kappa shape index (κ2) is 9.32. The number of hydrogen-bond acceptors (Lipinski definition) is 4. The molecule has 136 valence electrons. The third-order valence-electron chi connectivity index (χ3n) is 4.53. The predicted molar refractivity (Wildman–Crippen MR) is 105 cm³/mol. The summed E-state index contributed by atoms with van der Waals surface area (Å²) in [6, 6.07) is 18.7. The van der Waals surface area contributed by atoms with Crippen LogP contribution < -0.4 is 4.74 Å². The van der Waals surface area contributed by atoms with Crippen molar-refractivity contribution in [2.75, 3.05) is 27.4 Å². The van der Waals surface area contributed by atoms with Crippen LogP contribution in [-0.2, 0) is 17.8 Å². The highest BCUT2D eigenvalue weighted by molar-refractivity contribution is 5.87. The minimum absolute atomic E-state index is 0.755. The summed E-state index contributed by atoms with van der Waals surface area (Å²) in [5.41, 5.74) is 2.29. The zero-order chi connectivity index (χ0) is 18.2. The van der Waals surface area contributed by atoms with Crippen molar-refractivity contribution in [2.24, 2.45) is 0 Å². The van der Waals surface area contributed by atoms with E-state index in [0.717, 1.165) is 44.1 Å². The van der Waals surface area contributed by atoms with E-state index in [0.29, 0.717) is 0 Å². The van der Waals surface area contributed by atoms with E-state index in [-0.39, 0.29) is 0 Å². The van der Waals surface area contributed by atoms with E-state index < -0.39 is 0 Å². The topological polar surface area (TPSA) is 34.6 Å². The van der Waals surface area contributed by atoms with Gasteiger partial charge in [-0.15, -0.1) is 0 Å². The number of benzene rings is 2. The minimum Gasteiger partial charge on any atom is -0.496 e. The van der Waals surface area contributed by atoms with E-state index in [1.165, 1.54) is 16.3 Å². The largest absolute Gasteiger partial charge is 0.496 e. The van der Waals surface area contributed by atoms with Crippen molar-refractivity contribution in [3.8, 4) is 5.75 Å². The molecule has 1 aromatic heterocycles. The summed E-state index contributed by atoms with van der Waals surface area (Å²) >= 11 is 0. The fourth-order valence-corrected chi connectivity index (χ4v) is 3.26. The van der Waals surface area contributed by atoms with Crippen LogP contribution in [0.15, 0.2) is 60.8 Å². The Hall–Kier alpha value is -2.43. The van der Waals surface area contributed by atoms with Gasteiger partial charge in [-0.2, -0.15) is 0 Å². The highest BCUT2D eigenvalue weighted by Gasteiger charge is 2.14. The lowest BCUT2D eigenvalue weighted by molar-refractivity contribution is 0.165. The van der Waals surface area contributed by atoms with Gasteiger partial charge in [0.05, 0.1) is 12.8 Å². The lowest BCUT2D eigenvalue weighted by Gasteiger charge is -2.24. The molecule has 3 aromatic rings. The van der Waals surface area contributed by atoms with E-state index in [1.54, 1.807) is 14.2 Å². The molecule has 0 amide bonds. The number of aromatic nitrogens is 1. The maximum absolute atomic E-state index is 5.66. The van der Waals surface area contributed by atoms with Gasteiger partial charge in [0.1, 0.15) is 5.75 Å². The molecule has 0 N–H and O–H groups in total. The van der Waals surface area contributed by atoms with Crippen LogP contribution in [0.5, 0.6) is 5.75 Å². The second-order valence-corrected chi connectivity index (χ2v) is 6.35. The fraction of sp³-hybridized carbons (Fsp3) is 0.318. The number of ether oxygens (including phenoxy) is 2. The summed E-state index contributed by atoms with van der Waals surface area (Å²) in [7, 11) is 3.48. The molecule has 0 unspecified atom stereocenters. The zero-order valence-corrected chi connectivity index (χ0v) is 15.5. The third-order valence-corrected chi connectivity index (χ3v) is 4.53. The Bertz CT molecular complexity index is 821. The van der Waals surface area contributed by atoms with Gasteiger partial charge in [-0.05, 0) is 35.4 Å². The Morgan fingerprint density at radius 3 is 2.54 bits per heavy atom. The molecule has 0 aliphatic heterocycles. The SMILES string of the molecule is COCCCN(Cc1ccccn1)Cc1c(OC)ccc2ccccc12. The zero-order valence-electron chi connectivity index (χ0n) is 15.5. The minimum atomic E-state index is 0.755. The summed E-state index contributed by atoms with van der Waals surface area (Å²) in [4.78, 5) is 6.90. The summed E-state index contributed by atoms with van der Waals surface area (Å²) < 4.78 is 10.9. The summed E-state index contributed by atoms with van der Waals surface area (Å²) in [5, 5.41) is 2.47. The third kappa shape index (κ3) is 4.59. The molecule has 4 nitrogen and oxygen atoms in total. The lowest BCUT2D eigenvalue weighted by atomic mass is 10.0. The van der Waals surface area contributed by atoms with E-state index in [1.807, 2.05) is 18.3 Å². The van der Waals surface area contributed by atoms with Crippen LogP contribution in [0.3, 0.4) is 0 Å². The molecule has 2 aromatic carbocycles. The van der Waals surface area contributed by atoms with Crippen LogP contribution in [0.1, 0.15) is 17.7 Å². The first-order valence-electron chi connectivity index (χ1n) is 8.97. The van der Waals surface area contributed by atoms with E-state index in [2.05, 4.69) is 52.3 Å². The number of hydrogen-bond donors (Lipinski definition) is 0. The molecule has 26 heavy (non-hydrogen) atoms. The van der Waals surface area contributed by atoms with Crippen LogP contribution >= 0.6 is 0 Å². The van der Waals surface area contributed by atoms with Gasteiger partial charge in [-0.25, -0.2) is 0 Å². The lowest BCUT2D eigenvalue weighted by Crippen LogP contribution is -2.25. The van der Waals surface area contributed by atoms with Gasteiger partial charge in [0, 0.05) is 45.1 Å². The standard InChI is InChI=1S/C22H26N2O2/c1-25-15-7-14-24(16-19-9-5-6-13-23-19)17-21-20-10-4-3-8-18(20)11-12-22(21)26-2/h3-6,8-13H,7,14-17H2,1-2H3. The molecular weight excluding hydrogens is 324 g/mol. The van der Waals surface area contributed by atoms with Gasteiger partial charge in [0.25, 0.3) is 0 Å². The van der Waals surface area contributed by atoms with Crippen molar-refractivity contribution in [1.82, 2.24) is 9.88 Å². The van der Waals surface area contributed by atoms with E-state index in [9.17, 15) is 0 Å². The molecule has 0 fully saturated rings. The van der Waals surface area contributed by atoms with Crippen LogP contribution in [0, 0.1) is 0 Å². The Kier molecular flexibility index (Phi) is 6.58. The average molecular weight is 350 g/mol. The first-order valence-corrected chi connectivity index (χ1v) is 8.97. The Morgan fingerprint density at radius 2 is 1.77 bits per heavy atom. The second-order valence-electron chi connectivity index (χ2n) is 6.35. The van der Waals surface area contributed by atoms with Crippen molar-refractivity contribution < 1.29 is 9.47 Å². The van der Waals surface area contributed by atoms with E-state index in [4.69, 9.17) is 9.47 Å². The Balaban J connectivity index is 1.88. The van der Waals surface area contributed by atoms with Crippen molar-refractivity contribution in [1.29, 1.82) is 0 Å². The van der Waals surface area contributed by atoms with Gasteiger partial charge in [0.15, 0.2) is 0 Å². The molecule has 0 atom stereocenters. The number of fused-ring (bicyclic) bond motifs is 1. The van der Waals surface area contributed by atoms with Crippen molar-refractivity contribution in [3.63, 3.8) is 0 Å². The Morgan fingerprint density at radius 1 is 0.923 bits per heavy atom. The average Bonchev–Trinajstić information content (AvgIpc) is 2.69. The first-order chi connectivity index (χ1) is 12.8. The first kappa shape index (κ1) is 18.4. The number of rotatable bonds is 9. The molecular formula is C22H26N2O2. The van der Waals surface area contributed by atoms with Gasteiger partial charge >= 0.3 is 0 Å². The van der Waals surface area contributed by atoms with Crippen molar-refractivity contribution in [3.05, 3.63) is 72.1 Å². The van der Waals surface area contributed by atoms with Gasteiger partial charge in [-0.1, -0.05) is 36.4 Å². The smallest absolute Gasteiger partial charge is 0.123 e. The summed E-state index contributed by atoms with van der Waals surface area (Å²) in [6.07, 6.45) is 2.83. The maximum atomic E-state index is 5.66. The quantitative estimate of drug-likeness (QED) is 0.540. The highest BCUT2D eigenvalue weighted by atomic mass is 16.5. The van der Waals surface area contributed by atoms with Crippen LogP contribution in [-0.4, -0.2) is 37.3 Å². The van der Waals surface area contributed by atoms with Crippen LogP contribution in [0.2, 0.25) is 0 Å². The van der Waals surface area contributed by atoms with Crippen molar-refractivity contribution in [2.45, 2.75) is 19.5 Å². The molecule has 0 radical (unpaired) electrons. The molecule has 1 heterocycles.